The quantitative estimate of drug-likeness (QED) is 0.810. The van der Waals surface area contributed by atoms with Gasteiger partial charge in [-0.1, -0.05) is 34.6 Å². The molecule has 2 rings (SSSR count). The van der Waals surface area contributed by atoms with E-state index in [4.69, 9.17) is 23.4 Å². The van der Waals surface area contributed by atoms with Gasteiger partial charge in [0.15, 0.2) is 6.29 Å². The van der Waals surface area contributed by atoms with Crippen molar-refractivity contribution in [1.29, 1.82) is 0 Å². The molecule has 126 valence electrons. The van der Waals surface area contributed by atoms with Crippen LogP contribution in [0, 0.1) is 23.7 Å². The first-order valence-corrected chi connectivity index (χ1v) is 8.56. The molecule has 22 heavy (non-hydrogen) atoms. The molecule has 0 spiro atoms. The summed E-state index contributed by atoms with van der Waals surface area (Å²) in [6.45, 7) is 10.3. The zero-order valence-corrected chi connectivity index (χ0v) is 14.4. The lowest BCUT2D eigenvalue weighted by molar-refractivity contribution is -0.271. The van der Waals surface area contributed by atoms with Gasteiger partial charge in [0.05, 0.1) is 24.9 Å². The Balaban J connectivity index is 1.94. The van der Waals surface area contributed by atoms with Crippen LogP contribution in [0.5, 0.6) is 0 Å². The lowest BCUT2D eigenvalue weighted by atomic mass is 9.76. The second-order valence-electron chi connectivity index (χ2n) is 7.04. The maximum atomic E-state index is 10.4. The minimum atomic E-state index is -0.465. The zero-order chi connectivity index (χ0) is 17.3. The molecule has 1 N–H and O–H groups in total. The minimum absolute atomic E-state index is 0.00789. The molecule has 2 radical (unpaired) electrons. The van der Waals surface area contributed by atoms with Gasteiger partial charge in [-0.05, 0) is 24.7 Å². The fourth-order valence-electron chi connectivity index (χ4n) is 3.41. The maximum absolute atomic E-state index is 10.4. The zero-order valence-electron chi connectivity index (χ0n) is 15.4. The Morgan fingerprint density at radius 1 is 1.18 bits per heavy atom. The van der Waals surface area contributed by atoms with Gasteiger partial charge in [0.1, 0.15) is 7.85 Å². The highest BCUT2D eigenvalue weighted by Gasteiger charge is 2.41. The van der Waals surface area contributed by atoms with E-state index in [1.165, 1.54) is 0 Å². The van der Waals surface area contributed by atoms with E-state index in [-0.39, 0.29) is 54.9 Å². The van der Waals surface area contributed by atoms with E-state index in [2.05, 4.69) is 0 Å². The van der Waals surface area contributed by atoms with Gasteiger partial charge in [0, 0.05) is 19.2 Å². The summed E-state index contributed by atoms with van der Waals surface area (Å²) in [5.41, 5.74) is 0. The molecule has 2 aliphatic rings. The van der Waals surface area contributed by atoms with Gasteiger partial charge in [-0.25, -0.2) is 0 Å². The molecule has 0 bridgehead atoms. The monoisotopic (exact) mass is 311 g/mol. The Labute approximate surface area is 137 Å². The first kappa shape index (κ1) is 16.8. The number of ether oxygens (including phenoxy) is 3. The van der Waals surface area contributed by atoms with Crippen LogP contribution in [0.3, 0.4) is 0 Å². The Hall–Kier alpha value is -0.0951. The van der Waals surface area contributed by atoms with Gasteiger partial charge in [-0.15, -0.1) is 0 Å². The third-order valence-electron chi connectivity index (χ3n) is 5.43. The summed E-state index contributed by atoms with van der Waals surface area (Å²) in [6.07, 6.45) is -0.804. The van der Waals surface area contributed by atoms with Crippen LogP contribution in [0.25, 0.3) is 0 Å². The average molecular weight is 311 g/mol. The van der Waals surface area contributed by atoms with Gasteiger partial charge < -0.3 is 19.3 Å². The van der Waals surface area contributed by atoms with Gasteiger partial charge in [-0.3, -0.25) is 0 Å². The predicted octanol–water partition coefficient (Wildman–Crippen LogP) is 2.33. The van der Waals surface area contributed by atoms with Crippen molar-refractivity contribution in [1.82, 2.24) is 0 Å². The van der Waals surface area contributed by atoms with Crippen LogP contribution in [-0.2, 0) is 14.2 Å². The third kappa shape index (κ3) is 3.86. The standard InChI is InChI=1S/C17H31BO4/c1-6-14-11(4)15(19)12(5)17(22-14)20-8-13-7-9(2)10(3)16(18)21-13/h9-17,19H,6-8H2,1-5H3/t9-,10?,11+,12?,13?,14?,15-,16-,17+/m0/s1/i7D/t7-,9-,10?,11+,12?,13?,14?,15-,16-,17+. The summed E-state index contributed by atoms with van der Waals surface area (Å²) in [7, 11) is 6.01. The molecule has 0 aromatic rings. The molecule has 0 aromatic heterocycles. The second kappa shape index (κ2) is 7.65. The summed E-state index contributed by atoms with van der Waals surface area (Å²) in [5.74, 6) is 0.307. The highest BCUT2D eigenvalue weighted by atomic mass is 16.7. The van der Waals surface area contributed by atoms with Crippen molar-refractivity contribution in [2.24, 2.45) is 23.7 Å². The fourth-order valence-corrected chi connectivity index (χ4v) is 3.41. The molecule has 0 saturated carbocycles. The minimum Gasteiger partial charge on any atom is -0.392 e. The van der Waals surface area contributed by atoms with Crippen molar-refractivity contribution in [2.45, 2.75) is 78.0 Å². The molecule has 5 heteroatoms. The molecule has 0 aliphatic carbocycles. The third-order valence-corrected chi connectivity index (χ3v) is 5.43. The van der Waals surface area contributed by atoms with Crippen LogP contribution in [-0.4, -0.2) is 50.2 Å². The average Bonchev–Trinajstić information content (AvgIpc) is 2.54. The first-order valence-electron chi connectivity index (χ1n) is 9.14. The molecule has 2 fully saturated rings. The molecule has 2 aliphatic heterocycles. The number of rotatable bonds is 4. The van der Waals surface area contributed by atoms with Crippen LogP contribution in [0.4, 0.5) is 0 Å². The van der Waals surface area contributed by atoms with Crippen molar-refractivity contribution >= 4 is 7.85 Å². The van der Waals surface area contributed by atoms with Crippen LogP contribution < -0.4 is 0 Å². The molecule has 2 saturated heterocycles. The summed E-state index contributed by atoms with van der Waals surface area (Å²) in [4.78, 5) is 0. The highest BCUT2D eigenvalue weighted by Crippen LogP contribution is 2.33. The fraction of sp³-hybridized carbons (Fsp3) is 1.00. The number of aliphatic hydroxyl groups is 1. The SMILES string of the molecule is [2H][C@@H]1C(CO[C@@H]2OC(CC)[C@@H](C)[C@H](O)C2C)O[C@H]([B])C(C)[C@H]1C. The Morgan fingerprint density at radius 2 is 1.86 bits per heavy atom. The summed E-state index contributed by atoms with van der Waals surface area (Å²) in [5, 5.41) is 10.4. The molecular formula is C17H31BO4. The Kier molecular flexibility index (Phi) is 5.82. The number of hydrogen-bond donors (Lipinski definition) is 1. The van der Waals surface area contributed by atoms with Crippen LogP contribution >= 0.6 is 0 Å². The highest BCUT2D eigenvalue weighted by molar-refractivity contribution is 6.11. The van der Waals surface area contributed by atoms with E-state index < -0.39 is 12.4 Å². The van der Waals surface area contributed by atoms with Gasteiger partial charge in [-0.2, -0.15) is 0 Å². The van der Waals surface area contributed by atoms with E-state index >= 15 is 0 Å². The van der Waals surface area contributed by atoms with E-state index in [1.54, 1.807) is 0 Å². The molecule has 4 unspecified atom stereocenters. The lowest BCUT2D eigenvalue weighted by Gasteiger charge is -2.43. The van der Waals surface area contributed by atoms with E-state index in [9.17, 15) is 5.11 Å². The Bertz CT molecular complexity index is 384. The molecule has 0 amide bonds. The van der Waals surface area contributed by atoms with Crippen molar-refractivity contribution in [3.8, 4) is 0 Å². The van der Waals surface area contributed by atoms with Crippen LogP contribution in [0.1, 0.15) is 48.8 Å². The lowest BCUT2D eigenvalue weighted by Crippen LogP contribution is -2.50. The predicted molar refractivity (Wildman–Crippen MR) is 86.6 cm³/mol. The topological polar surface area (TPSA) is 47.9 Å². The van der Waals surface area contributed by atoms with Gasteiger partial charge >= 0.3 is 0 Å². The maximum Gasteiger partial charge on any atom is 0.163 e. The smallest absolute Gasteiger partial charge is 0.163 e. The van der Waals surface area contributed by atoms with Crippen molar-refractivity contribution in [3.05, 3.63) is 0 Å². The number of hydrogen-bond acceptors (Lipinski definition) is 4. The van der Waals surface area contributed by atoms with Crippen LogP contribution in [0.2, 0.25) is 0 Å². The van der Waals surface area contributed by atoms with Crippen molar-refractivity contribution < 1.29 is 20.7 Å². The molecular weight excluding hydrogens is 279 g/mol. The van der Waals surface area contributed by atoms with E-state index in [1.807, 2.05) is 34.6 Å². The second-order valence-corrected chi connectivity index (χ2v) is 7.04. The first-order chi connectivity index (χ1) is 10.8. The largest absolute Gasteiger partial charge is 0.392 e. The van der Waals surface area contributed by atoms with Gasteiger partial charge in [0.2, 0.25) is 0 Å². The van der Waals surface area contributed by atoms with Gasteiger partial charge in [0.25, 0.3) is 0 Å². The summed E-state index contributed by atoms with van der Waals surface area (Å²) < 4.78 is 26.0. The molecule has 0 aromatic carbocycles. The normalized spacial score (nSPS) is 54.0. The van der Waals surface area contributed by atoms with E-state index in [0.29, 0.717) is 0 Å². The van der Waals surface area contributed by atoms with Crippen LogP contribution in [0.15, 0.2) is 0 Å². The summed E-state index contributed by atoms with van der Waals surface area (Å²) >= 11 is 0. The van der Waals surface area contributed by atoms with Crippen molar-refractivity contribution in [2.75, 3.05) is 6.61 Å². The summed E-state index contributed by atoms with van der Waals surface area (Å²) in [6, 6.07) is -0.362. The molecule has 4 nitrogen and oxygen atoms in total. The molecule has 10 atom stereocenters. The number of aliphatic hydroxyl groups excluding tert-OH is 1. The Morgan fingerprint density at radius 3 is 2.50 bits per heavy atom. The van der Waals surface area contributed by atoms with E-state index in [0.717, 1.165) is 6.42 Å². The van der Waals surface area contributed by atoms with Crippen molar-refractivity contribution in [3.63, 3.8) is 0 Å². The molecule has 2 heterocycles.